The van der Waals surface area contributed by atoms with Gasteiger partial charge in [-0.2, -0.15) is 4.98 Å². The highest BCUT2D eigenvalue weighted by molar-refractivity contribution is 5.92. The molecular weight excluding hydrogens is 224 g/mol. The smallest absolute Gasteiger partial charge is 0.341 e. The summed E-state index contributed by atoms with van der Waals surface area (Å²) in [5.41, 5.74) is -1.34. The first-order valence-corrected chi connectivity index (χ1v) is 4.15. The lowest BCUT2D eigenvalue weighted by Crippen LogP contribution is -2.08. The van der Waals surface area contributed by atoms with E-state index in [-0.39, 0.29) is 5.88 Å². The highest BCUT2D eigenvalue weighted by Gasteiger charge is 2.25. The van der Waals surface area contributed by atoms with Crippen molar-refractivity contribution in [1.82, 2.24) is 4.98 Å². The van der Waals surface area contributed by atoms with Gasteiger partial charge in [-0.25, -0.2) is 13.6 Å². The predicted molar refractivity (Wildman–Crippen MR) is 49.3 cm³/mol. The maximum absolute atomic E-state index is 12.6. The summed E-state index contributed by atoms with van der Waals surface area (Å²) in [5.74, 6) is -2.05. The Labute approximate surface area is 89.6 Å². The van der Waals surface area contributed by atoms with Gasteiger partial charge in [0.1, 0.15) is 5.56 Å². The van der Waals surface area contributed by atoms with Crippen molar-refractivity contribution in [3.05, 3.63) is 17.2 Å². The summed E-state index contributed by atoms with van der Waals surface area (Å²) < 4.78 is 34.5. The summed E-state index contributed by atoms with van der Waals surface area (Å²) in [6.45, 7) is 0. The Bertz CT molecular complexity index is 409. The molecule has 16 heavy (non-hydrogen) atoms. The number of hydrogen-bond donors (Lipinski definition) is 1. The molecule has 1 aromatic heterocycles. The van der Waals surface area contributed by atoms with Crippen LogP contribution in [0.4, 0.5) is 8.78 Å². The molecule has 0 aromatic carbocycles. The Hall–Kier alpha value is -1.92. The van der Waals surface area contributed by atoms with Crippen LogP contribution in [0.1, 0.15) is 22.3 Å². The van der Waals surface area contributed by atoms with E-state index < -0.39 is 29.4 Å². The molecule has 1 aromatic rings. The number of carboxylic acid groups (broad SMARTS) is 1. The third-order valence-corrected chi connectivity index (χ3v) is 1.84. The van der Waals surface area contributed by atoms with Crippen LogP contribution in [0.2, 0.25) is 0 Å². The first-order valence-electron chi connectivity index (χ1n) is 4.15. The minimum atomic E-state index is -2.95. The Morgan fingerprint density at radius 1 is 1.44 bits per heavy atom. The van der Waals surface area contributed by atoms with Crippen molar-refractivity contribution in [1.29, 1.82) is 0 Å². The molecule has 0 aliphatic heterocycles. The van der Waals surface area contributed by atoms with Gasteiger partial charge in [-0.05, 0) is 0 Å². The summed E-state index contributed by atoms with van der Waals surface area (Å²) >= 11 is 0. The third kappa shape index (κ3) is 2.18. The summed E-state index contributed by atoms with van der Waals surface area (Å²) in [6.07, 6.45) is -2.95. The van der Waals surface area contributed by atoms with Crippen LogP contribution in [0.5, 0.6) is 11.8 Å². The fourth-order valence-electron chi connectivity index (χ4n) is 1.16. The van der Waals surface area contributed by atoms with Crippen molar-refractivity contribution in [3.8, 4) is 11.8 Å². The van der Waals surface area contributed by atoms with E-state index in [4.69, 9.17) is 5.11 Å². The van der Waals surface area contributed by atoms with Crippen LogP contribution >= 0.6 is 0 Å². The summed E-state index contributed by atoms with van der Waals surface area (Å²) in [4.78, 5) is 14.4. The number of pyridine rings is 1. The number of alkyl halides is 2. The van der Waals surface area contributed by atoms with Crippen LogP contribution in [0.25, 0.3) is 0 Å². The Morgan fingerprint density at radius 2 is 2.06 bits per heavy atom. The molecule has 0 bridgehead atoms. The van der Waals surface area contributed by atoms with Gasteiger partial charge in [-0.1, -0.05) is 0 Å². The third-order valence-electron chi connectivity index (χ3n) is 1.84. The molecule has 1 N–H and O–H groups in total. The average molecular weight is 233 g/mol. The van der Waals surface area contributed by atoms with E-state index in [2.05, 4.69) is 14.5 Å². The zero-order chi connectivity index (χ0) is 12.3. The van der Waals surface area contributed by atoms with Gasteiger partial charge < -0.3 is 14.6 Å². The molecule has 0 saturated carbocycles. The summed E-state index contributed by atoms with van der Waals surface area (Å²) in [6, 6.07) is 0.872. The maximum atomic E-state index is 12.6. The Balaban J connectivity index is 3.47. The minimum Gasteiger partial charge on any atom is -0.481 e. The SMILES string of the molecule is COc1cc(C(F)F)c(C(=O)O)c(OC)n1. The molecule has 7 heteroatoms. The molecule has 0 amide bonds. The van der Waals surface area contributed by atoms with E-state index in [0.29, 0.717) is 0 Å². The molecule has 1 rings (SSSR count). The number of methoxy groups -OCH3 is 2. The van der Waals surface area contributed by atoms with Gasteiger partial charge in [0.25, 0.3) is 6.43 Å². The molecule has 0 fully saturated rings. The monoisotopic (exact) mass is 233 g/mol. The second-order valence-corrected chi connectivity index (χ2v) is 2.74. The fourth-order valence-corrected chi connectivity index (χ4v) is 1.16. The molecular formula is C9H9F2NO4. The highest BCUT2D eigenvalue weighted by atomic mass is 19.3. The number of halogens is 2. The van der Waals surface area contributed by atoms with Gasteiger partial charge in [-0.15, -0.1) is 0 Å². The Morgan fingerprint density at radius 3 is 2.44 bits per heavy atom. The van der Waals surface area contributed by atoms with Crippen molar-refractivity contribution in [2.45, 2.75) is 6.43 Å². The van der Waals surface area contributed by atoms with Gasteiger partial charge in [0.2, 0.25) is 11.8 Å². The topological polar surface area (TPSA) is 68.7 Å². The van der Waals surface area contributed by atoms with Crippen molar-refractivity contribution >= 4 is 5.97 Å². The number of carboxylic acids is 1. The maximum Gasteiger partial charge on any atom is 0.341 e. The zero-order valence-corrected chi connectivity index (χ0v) is 8.53. The van der Waals surface area contributed by atoms with Crippen LogP contribution in [-0.4, -0.2) is 30.3 Å². The molecule has 0 radical (unpaired) electrons. The van der Waals surface area contributed by atoms with E-state index in [1.165, 1.54) is 7.11 Å². The average Bonchev–Trinajstić information content (AvgIpc) is 2.26. The van der Waals surface area contributed by atoms with Gasteiger partial charge in [0, 0.05) is 11.6 Å². The number of ether oxygens (including phenoxy) is 2. The first kappa shape index (κ1) is 12.2. The number of aromatic carboxylic acids is 1. The summed E-state index contributed by atoms with van der Waals surface area (Å²) in [7, 11) is 2.38. The predicted octanol–water partition coefficient (Wildman–Crippen LogP) is 1.73. The van der Waals surface area contributed by atoms with E-state index >= 15 is 0 Å². The number of aromatic nitrogens is 1. The van der Waals surface area contributed by atoms with Gasteiger partial charge >= 0.3 is 5.97 Å². The molecule has 0 unspecified atom stereocenters. The largest absolute Gasteiger partial charge is 0.481 e. The lowest BCUT2D eigenvalue weighted by atomic mass is 10.1. The molecule has 88 valence electrons. The first-order chi connectivity index (χ1) is 7.51. The quantitative estimate of drug-likeness (QED) is 0.857. The van der Waals surface area contributed by atoms with E-state index in [1.807, 2.05) is 0 Å². The molecule has 0 saturated heterocycles. The van der Waals surface area contributed by atoms with Crippen LogP contribution in [-0.2, 0) is 0 Å². The fraction of sp³-hybridized carbons (Fsp3) is 0.333. The lowest BCUT2D eigenvalue weighted by Gasteiger charge is -2.10. The standard InChI is InChI=1S/C9H9F2NO4/c1-15-5-3-4(7(10)11)6(9(13)14)8(12-5)16-2/h3,7H,1-2H3,(H,13,14). The minimum absolute atomic E-state index is 0.128. The highest BCUT2D eigenvalue weighted by Crippen LogP contribution is 2.31. The number of nitrogens with zero attached hydrogens (tertiary/aromatic N) is 1. The molecule has 0 aliphatic rings. The van der Waals surface area contributed by atoms with Gasteiger partial charge in [0.05, 0.1) is 14.2 Å². The van der Waals surface area contributed by atoms with Gasteiger partial charge in [-0.3, -0.25) is 0 Å². The molecule has 0 aliphatic carbocycles. The summed E-state index contributed by atoms with van der Waals surface area (Å²) in [5, 5.41) is 8.80. The Kier molecular flexibility index (Phi) is 3.60. The molecule has 0 atom stereocenters. The molecule has 5 nitrogen and oxygen atoms in total. The van der Waals surface area contributed by atoms with E-state index in [0.717, 1.165) is 13.2 Å². The second-order valence-electron chi connectivity index (χ2n) is 2.74. The zero-order valence-electron chi connectivity index (χ0n) is 8.53. The van der Waals surface area contributed by atoms with Crippen LogP contribution in [0.15, 0.2) is 6.07 Å². The van der Waals surface area contributed by atoms with Crippen LogP contribution < -0.4 is 9.47 Å². The molecule has 1 heterocycles. The number of carbonyl (C=O) groups is 1. The van der Waals surface area contributed by atoms with Crippen molar-refractivity contribution < 1.29 is 28.2 Å². The normalized spacial score (nSPS) is 10.3. The van der Waals surface area contributed by atoms with Crippen LogP contribution in [0.3, 0.4) is 0 Å². The second kappa shape index (κ2) is 4.73. The molecule has 0 spiro atoms. The van der Waals surface area contributed by atoms with E-state index in [9.17, 15) is 13.6 Å². The van der Waals surface area contributed by atoms with Crippen molar-refractivity contribution in [2.75, 3.05) is 14.2 Å². The van der Waals surface area contributed by atoms with Gasteiger partial charge in [0.15, 0.2) is 0 Å². The van der Waals surface area contributed by atoms with Crippen molar-refractivity contribution in [3.63, 3.8) is 0 Å². The van der Waals surface area contributed by atoms with Crippen molar-refractivity contribution in [2.24, 2.45) is 0 Å². The lowest BCUT2D eigenvalue weighted by molar-refractivity contribution is 0.0679. The van der Waals surface area contributed by atoms with Crippen LogP contribution in [0, 0.1) is 0 Å². The number of hydrogen-bond acceptors (Lipinski definition) is 4. The van der Waals surface area contributed by atoms with E-state index in [1.54, 1.807) is 0 Å². The number of rotatable bonds is 4.